The van der Waals surface area contributed by atoms with Crippen molar-refractivity contribution in [3.63, 3.8) is 0 Å². The van der Waals surface area contributed by atoms with Crippen molar-refractivity contribution >= 4 is 32.4 Å². The third-order valence-electron chi connectivity index (χ3n) is 4.50. The number of hydrazine groups is 1. The molecule has 0 unspecified atom stereocenters. The number of nitro benzene ring substituents is 1. The fourth-order valence-corrected chi connectivity index (χ4v) is 3.81. The van der Waals surface area contributed by atoms with E-state index in [1.54, 1.807) is 18.2 Å². The summed E-state index contributed by atoms with van der Waals surface area (Å²) in [4.78, 5) is 37.1. The predicted octanol–water partition coefficient (Wildman–Crippen LogP) is 1.65. The zero-order valence-corrected chi connectivity index (χ0v) is 17.5. The fourth-order valence-electron chi connectivity index (χ4n) is 2.95. The highest BCUT2D eigenvalue weighted by molar-refractivity contribution is 7.89. The number of carbonyl (C=O) groups excluding carboxylic acids is 1. The molecule has 0 fully saturated rings. The smallest absolute Gasteiger partial charge is 0.272 e. The monoisotopic (exact) mass is 445 g/mol. The van der Waals surface area contributed by atoms with Gasteiger partial charge in [-0.25, -0.2) is 13.1 Å². The number of hydrogen-bond acceptors (Lipinski definition) is 7. The molecule has 0 saturated heterocycles. The van der Waals surface area contributed by atoms with Crippen LogP contribution in [-0.4, -0.2) is 29.0 Å². The molecular formula is C19H19N5O6S. The number of benzene rings is 2. The molecule has 1 aromatic heterocycles. The number of nitrogens with zero attached hydrogens (tertiary/aromatic N) is 3. The van der Waals surface area contributed by atoms with Crippen LogP contribution in [0.15, 0.2) is 52.2 Å². The van der Waals surface area contributed by atoms with E-state index in [1.165, 1.54) is 25.1 Å². The number of rotatable bonds is 7. The minimum absolute atomic E-state index is 0.138. The largest absolute Gasteiger partial charge is 0.287 e. The molecule has 0 saturated carbocycles. The van der Waals surface area contributed by atoms with Gasteiger partial charge >= 0.3 is 0 Å². The molecule has 11 nitrogen and oxygen atoms in total. The minimum atomic E-state index is -4.30. The molecule has 0 atom stereocenters. The van der Waals surface area contributed by atoms with E-state index in [0.29, 0.717) is 12.0 Å². The molecule has 0 radical (unpaired) electrons. The summed E-state index contributed by atoms with van der Waals surface area (Å²) in [6.45, 7) is 3.60. The van der Waals surface area contributed by atoms with Crippen LogP contribution in [0.5, 0.6) is 0 Å². The number of sulfonamides is 1. The van der Waals surface area contributed by atoms with Gasteiger partial charge in [0.2, 0.25) is 0 Å². The normalized spacial score (nSPS) is 11.4. The first-order valence-corrected chi connectivity index (χ1v) is 10.7. The molecule has 1 heterocycles. The number of amides is 1. The zero-order valence-electron chi connectivity index (χ0n) is 16.7. The van der Waals surface area contributed by atoms with Gasteiger partial charge in [-0.15, -0.1) is 4.83 Å². The lowest BCUT2D eigenvalue weighted by atomic mass is 10.1. The second-order valence-corrected chi connectivity index (χ2v) is 8.37. The highest BCUT2D eigenvalue weighted by Gasteiger charge is 2.22. The average Bonchev–Trinajstić information content (AvgIpc) is 2.74. The van der Waals surface area contributed by atoms with Gasteiger partial charge in [0.1, 0.15) is 0 Å². The Kier molecular flexibility index (Phi) is 6.13. The van der Waals surface area contributed by atoms with E-state index in [1.807, 2.05) is 11.8 Å². The number of aryl methyl sites for hydroxylation is 2. The number of carbonyl (C=O) groups is 1. The van der Waals surface area contributed by atoms with Gasteiger partial charge in [-0.1, -0.05) is 31.2 Å². The van der Waals surface area contributed by atoms with Gasteiger partial charge in [0, 0.05) is 23.6 Å². The lowest BCUT2D eigenvalue weighted by Gasteiger charge is -2.12. The molecule has 0 aliphatic heterocycles. The molecule has 12 heteroatoms. The van der Waals surface area contributed by atoms with Crippen LogP contribution in [0.1, 0.15) is 29.4 Å². The molecule has 2 aromatic carbocycles. The van der Waals surface area contributed by atoms with Gasteiger partial charge < -0.3 is 0 Å². The van der Waals surface area contributed by atoms with Crippen LogP contribution in [0.25, 0.3) is 10.8 Å². The van der Waals surface area contributed by atoms with Crippen LogP contribution < -0.4 is 15.8 Å². The van der Waals surface area contributed by atoms with E-state index in [-0.39, 0.29) is 39.2 Å². The van der Waals surface area contributed by atoms with Crippen molar-refractivity contribution < 1.29 is 18.1 Å². The maximum atomic E-state index is 12.7. The number of nitro groups is 1. The second-order valence-electron chi connectivity index (χ2n) is 6.69. The Labute approximate surface area is 176 Å². The third kappa shape index (κ3) is 4.44. The van der Waals surface area contributed by atoms with Crippen molar-refractivity contribution in [2.24, 2.45) is 0 Å². The molecule has 0 spiro atoms. The first kappa shape index (κ1) is 22.1. The lowest BCUT2D eigenvalue weighted by Crippen LogP contribution is -2.42. The van der Waals surface area contributed by atoms with Crippen LogP contribution in [-0.2, 0) is 16.6 Å². The second kappa shape index (κ2) is 8.62. The summed E-state index contributed by atoms with van der Waals surface area (Å²) in [7, 11) is -4.30. The number of aromatic nitrogens is 2. The quantitative estimate of drug-likeness (QED) is 0.414. The van der Waals surface area contributed by atoms with Crippen molar-refractivity contribution in [3.05, 3.63) is 74.2 Å². The summed E-state index contributed by atoms with van der Waals surface area (Å²) in [5.41, 5.74) is 1.49. The van der Waals surface area contributed by atoms with Gasteiger partial charge in [0.25, 0.3) is 27.2 Å². The number of nitrogens with one attached hydrogen (secondary N) is 2. The summed E-state index contributed by atoms with van der Waals surface area (Å²) >= 11 is 0. The molecule has 0 aliphatic rings. The molecule has 3 aromatic rings. The van der Waals surface area contributed by atoms with Crippen molar-refractivity contribution in [2.45, 2.75) is 31.7 Å². The van der Waals surface area contributed by atoms with Crippen LogP contribution in [0.2, 0.25) is 0 Å². The first-order valence-electron chi connectivity index (χ1n) is 9.22. The summed E-state index contributed by atoms with van der Waals surface area (Å²) in [6, 6.07) is 9.74. The van der Waals surface area contributed by atoms with E-state index < -0.39 is 20.9 Å². The fraction of sp³-hybridized carbons (Fsp3) is 0.211. The van der Waals surface area contributed by atoms with Gasteiger partial charge in [-0.3, -0.25) is 25.1 Å². The molecular weight excluding hydrogens is 426 g/mol. The van der Waals surface area contributed by atoms with E-state index in [0.717, 1.165) is 10.7 Å². The average molecular weight is 445 g/mol. The topological polar surface area (TPSA) is 153 Å². The van der Waals surface area contributed by atoms with Gasteiger partial charge in [-0.2, -0.15) is 5.10 Å². The van der Waals surface area contributed by atoms with E-state index in [9.17, 15) is 28.1 Å². The molecule has 0 aliphatic carbocycles. The van der Waals surface area contributed by atoms with E-state index in [4.69, 9.17) is 0 Å². The first-order chi connectivity index (χ1) is 14.7. The van der Waals surface area contributed by atoms with Crippen molar-refractivity contribution in [3.8, 4) is 0 Å². The Morgan fingerprint density at radius 3 is 2.52 bits per heavy atom. The Bertz CT molecular complexity index is 1350. The Balaban J connectivity index is 1.93. The Morgan fingerprint density at radius 1 is 1.19 bits per heavy atom. The van der Waals surface area contributed by atoms with Crippen LogP contribution in [0.4, 0.5) is 5.69 Å². The Morgan fingerprint density at radius 2 is 1.87 bits per heavy atom. The minimum Gasteiger partial charge on any atom is -0.272 e. The van der Waals surface area contributed by atoms with Crippen LogP contribution in [0, 0.1) is 17.0 Å². The molecule has 0 bridgehead atoms. The van der Waals surface area contributed by atoms with E-state index >= 15 is 0 Å². The third-order valence-corrected chi connectivity index (χ3v) is 5.75. The molecule has 1 amide bonds. The van der Waals surface area contributed by atoms with Crippen LogP contribution in [0.3, 0.4) is 0 Å². The number of fused-ring (bicyclic) bond motifs is 1. The zero-order chi connectivity index (χ0) is 22.8. The lowest BCUT2D eigenvalue weighted by molar-refractivity contribution is -0.385. The summed E-state index contributed by atoms with van der Waals surface area (Å²) in [5.74, 6) is -0.883. The molecule has 3 rings (SSSR count). The summed E-state index contributed by atoms with van der Waals surface area (Å²) in [5, 5.41) is 15.7. The Hall–Kier alpha value is -3.64. The van der Waals surface area contributed by atoms with Crippen molar-refractivity contribution in [1.82, 2.24) is 20.0 Å². The van der Waals surface area contributed by atoms with Crippen molar-refractivity contribution in [1.29, 1.82) is 0 Å². The van der Waals surface area contributed by atoms with Gasteiger partial charge in [0.05, 0.1) is 15.2 Å². The van der Waals surface area contributed by atoms with Gasteiger partial charge in [0.15, 0.2) is 5.69 Å². The highest BCUT2D eigenvalue weighted by Crippen LogP contribution is 2.22. The summed E-state index contributed by atoms with van der Waals surface area (Å²) < 4.78 is 26.2. The highest BCUT2D eigenvalue weighted by atomic mass is 32.2. The predicted molar refractivity (Wildman–Crippen MR) is 112 cm³/mol. The molecule has 2 N–H and O–H groups in total. The SMILES string of the molecule is CCCn1nc(C(=O)NNS(=O)(=O)c2ccc(C)c([N+](=O)[O-])c2)c2ccccc2c1=O. The van der Waals surface area contributed by atoms with Crippen LogP contribution >= 0.6 is 0 Å². The maximum Gasteiger partial charge on any atom is 0.287 e. The number of hydrogen-bond donors (Lipinski definition) is 2. The standard InChI is InChI=1S/C19H19N5O6S/c1-3-10-23-19(26)15-7-5-4-6-14(15)17(21-23)18(25)20-22-31(29,30)13-9-8-12(2)16(11-13)24(27)28/h4-9,11,22H,3,10H2,1-2H3,(H,20,25). The van der Waals surface area contributed by atoms with Crippen molar-refractivity contribution in [2.75, 3.05) is 0 Å². The van der Waals surface area contributed by atoms with E-state index in [2.05, 4.69) is 10.5 Å². The summed E-state index contributed by atoms with van der Waals surface area (Å²) in [6.07, 6.45) is 0.602. The maximum absolute atomic E-state index is 12.7. The molecule has 31 heavy (non-hydrogen) atoms. The van der Waals surface area contributed by atoms with Gasteiger partial charge in [-0.05, 0) is 25.5 Å². The molecule has 162 valence electrons.